The molecule has 1 N–H and O–H groups in total. The van der Waals surface area contributed by atoms with Gasteiger partial charge in [0, 0.05) is 25.2 Å². The van der Waals surface area contributed by atoms with Crippen LogP contribution < -0.4 is 10.1 Å². The maximum Gasteiger partial charge on any atom is 0.263 e. The van der Waals surface area contributed by atoms with Crippen molar-refractivity contribution in [2.45, 2.75) is 63.8 Å². The average Bonchev–Trinajstić information content (AvgIpc) is 2.87. The molecule has 0 aromatic heterocycles. The number of nitrogens with zero attached hydrogens (tertiary/aromatic N) is 1. The minimum absolute atomic E-state index is 0.0221. The van der Waals surface area contributed by atoms with E-state index in [1.54, 1.807) is 13.0 Å². The molecule has 2 aliphatic rings. The van der Waals surface area contributed by atoms with Gasteiger partial charge in [0.25, 0.3) is 5.91 Å². The Morgan fingerprint density at radius 3 is 2.65 bits per heavy atom. The van der Waals surface area contributed by atoms with Gasteiger partial charge in [-0.1, -0.05) is 17.7 Å². The van der Waals surface area contributed by atoms with E-state index < -0.39 is 6.10 Å². The van der Waals surface area contributed by atoms with E-state index in [0.29, 0.717) is 28.9 Å². The molecule has 0 radical (unpaired) electrons. The number of benzene rings is 1. The van der Waals surface area contributed by atoms with Gasteiger partial charge in [0.15, 0.2) is 6.10 Å². The lowest BCUT2D eigenvalue weighted by Crippen LogP contribution is -2.51. The Hall–Kier alpha value is -1.26. The summed E-state index contributed by atoms with van der Waals surface area (Å²) in [6, 6.07) is 7.04. The molecule has 3 atom stereocenters. The van der Waals surface area contributed by atoms with E-state index in [0.717, 1.165) is 18.4 Å². The summed E-state index contributed by atoms with van der Waals surface area (Å²) in [5, 5.41) is 4.15. The van der Waals surface area contributed by atoms with Gasteiger partial charge in [-0.3, -0.25) is 4.79 Å². The second-order valence-electron chi connectivity index (χ2n) is 6.91. The molecular weight excluding hydrogens is 312 g/mol. The quantitative estimate of drug-likeness (QED) is 0.918. The Morgan fingerprint density at radius 2 is 2.00 bits per heavy atom. The van der Waals surface area contributed by atoms with Gasteiger partial charge in [-0.25, -0.2) is 0 Å². The van der Waals surface area contributed by atoms with Crippen LogP contribution in [0.4, 0.5) is 0 Å². The second-order valence-corrected chi connectivity index (χ2v) is 7.31. The van der Waals surface area contributed by atoms with Crippen molar-refractivity contribution in [1.29, 1.82) is 0 Å². The number of carbonyl (C=O) groups excluding carboxylic acids is 1. The van der Waals surface area contributed by atoms with Crippen molar-refractivity contribution < 1.29 is 9.53 Å². The summed E-state index contributed by atoms with van der Waals surface area (Å²) in [6.45, 7) is 3.78. The first-order valence-corrected chi connectivity index (χ1v) is 8.77. The molecule has 1 aromatic carbocycles. The fourth-order valence-corrected chi connectivity index (χ4v) is 3.91. The molecule has 0 spiro atoms. The summed E-state index contributed by atoms with van der Waals surface area (Å²) in [5.74, 6) is 0.597. The lowest BCUT2D eigenvalue weighted by Gasteiger charge is -2.36. The molecule has 1 amide bonds. The SMILES string of the molecule is Cc1ccc(Cl)c(OC(C)C(=O)N(C)C2CC3CCC(C2)N3)c1. The van der Waals surface area contributed by atoms with Crippen molar-refractivity contribution in [2.75, 3.05) is 7.05 Å². The van der Waals surface area contributed by atoms with Crippen molar-refractivity contribution in [3.05, 3.63) is 28.8 Å². The molecule has 2 heterocycles. The molecule has 4 nitrogen and oxygen atoms in total. The molecule has 3 rings (SSSR count). The maximum absolute atomic E-state index is 12.7. The number of halogens is 1. The van der Waals surface area contributed by atoms with Crippen LogP contribution in [0.3, 0.4) is 0 Å². The van der Waals surface area contributed by atoms with Gasteiger partial charge in [0.05, 0.1) is 5.02 Å². The van der Waals surface area contributed by atoms with E-state index in [2.05, 4.69) is 5.32 Å². The molecule has 3 unspecified atom stereocenters. The highest BCUT2D eigenvalue weighted by Crippen LogP contribution is 2.30. The van der Waals surface area contributed by atoms with Crippen LogP contribution in [0.15, 0.2) is 18.2 Å². The molecule has 126 valence electrons. The summed E-state index contributed by atoms with van der Waals surface area (Å²) in [6.07, 6.45) is 4.00. The molecule has 1 aromatic rings. The van der Waals surface area contributed by atoms with Gasteiger partial charge in [-0.15, -0.1) is 0 Å². The molecule has 2 aliphatic heterocycles. The predicted octanol–water partition coefficient (Wildman–Crippen LogP) is 3.16. The molecular formula is C18H25ClN2O2. The standard InChI is InChI=1S/C18H25ClN2O2/c1-11-4-7-16(19)17(8-11)23-12(2)18(22)21(3)15-9-13-5-6-14(10-15)20-13/h4,7-8,12-15,20H,5-6,9-10H2,1-3H3. The summed E-state index contributed by atoms with van der Waals surface area (Å²) in [7, 11) is 1.90. The third-order valence-electron chi connectivity index (χ3n) is 5.08. The van der Waals surface area contributed by atoms with Crippen molar-refractivity contribution in [2.24, 2.45) is 0 Å². The van der Waals surface area contributed by atoms with E-state index in [9.17, 15) is 4.79 Å². The van der Waals surface area contributed by atoms with Gasteiger partial charge in [0.2, 0.25) is 0 Å². The van der Waals surface area contributed by atoms with Crippen LogP contribution in [-0.2, 0) is 4.79 Å². The predicted molar refractivity (Wildman–Crippen MR) is 92.0 cm³/mol. The van der Waals surface area contributed by atoms with Crippen molar-refractivity contribution in [3.63, 3.8) is 0 Å². The van der Waals surface area contributed by atoms with Gasteiger partial charge < -0.3 is 15.0 Å². The summed E-state index contributed by atoms with van der Waals surface area (Å²) >= 11 is 6.16. The van der Waals surface area contributed by atoms with Crippen molar-refractivity contribution in [1.82, 2.24) is 10.2 Å². The highest BCUT2D eigenvalue weighted by Gasteiger charge is 2.37. The van der Waals surface area contributed by atoms with E-state index >= 15 is 0 Å². The average molecular weight is 337 g/mol. The first-order chi connectivity index (χ1) is 10.9. The van der Waals surface area contributed by atoms with E-state index in [-0.39, 0.29) is 5.91 Å². The Balaban J connectivity index is 1.63. The number of likely N-dealkylation sites (N-methyl/N-ethyl adjacent to an activating group) is 1. The molecule has 2 bridgehead atoms. The fourth-order valence-electron chi connectivity index (χ4n) is 3.75. The van der Waals surface area contributed by atoms with Gasteiger partial charge >= 0.3 is 0 Å². The minimum Gasteiger partial charge on any atom is -0.479 e. The normalized spacial score (nSPS) is 27.6. The first-order valence-electron chi connectivity index (χ1n) is 8.39. The number of hydrogen-bond donors (Lipinski definition) is 1. The number of hydrogen-bond acceptors (Lipinski definition) is 3. The Bertz CT molecular complexity index is 580. The summed E-state index contributed by atoms with van der Waals surface area (Å²) < 4.78 is 5.83. The Morgan fingerprint density at radius 1 is 1.35 bits per heavy atom. The third kappa shape index (κ3) is 3.64. The van der Waals surface area contributed by atoms with Crippen LogP contribution in [0.5, 0.6) is 5.75 Å². The Labute approximate surface area is 143 Å². The lowest BCUT2D eigenvalue weighted by atomic mass is 9.98. The summed E-state index contributed by atoms with van der Waals surface area (Å²) in [4.78, 5) is 14.6. The van der Waals surface area contributed by atoms with Crippen LogP contribution >= 0.6 is 11.6 Å². The third-order valence-corrected chi connectivity index (χ3v) is 5.39. The zero-order valence-electron chi connectivity index (χ0n) is 14.0. The topological polar surface area (TPSA) is 41.6 Å². The molecule has 2 fully saturated rings. The highest BCUT2D eigenvalue weighted by atomic mass is 35.5. The number of amides is 1. The minimum atomic E-state index is -0.535. The fraction of sp³-hybridized carbons (Fsp3) is 0.611. The van der Waals surface area contributed by atoms with E-state index in [1.165, 1.54) is 12.8 Å². The molecule has 23 heavy (non-hydrogen) atoms. The Kier molecular flexibility index (Phi) is 4.83. The molecule has 5 heteroatoms. The van der Waals surface area contributed by atoms with Crippen LogP contribution in [0, 0.1) is 6.92 Å². The van der Waals surface area contributed by atoms with Crippen molar-refractivity contribution in [3.8, 4) is 5.75 Å². The number of nitrogens with one attached hydrogen (secondary N) is 1. The zero-order valence-corrected chi connectivity index (χ0v) is 14.8. The number of rotatable bonds is 4. The van der Waals surface area contributed by atoms with Crippen molar-refractivity contribution >= 4 is 17.5 Å². The van der Waals surface area contributed by atoms with Crippen LogP contribution in [-0.4, -0.2) is 42.1 Å². The van der Waals surface area contributed by atoms with Gasteiger partial charge in [-0.2, -0.15) is 0 Å². The van der Waals surface area contributed by atoms with Crippen LogP contribution in [0.25, 0.3) is 0 Å². The largest absolute Gasteiger partial charge is 0.479 e. The zero-order chi connectivity index (χ0) is 16.6. The van der Waals surface area contributed by atoms with Crippen LogP contribution in [0.1, 0.15) is 38.2 Å². The van der Waals surface area contributed by atoms with Gasteiger partial charge in [-0.05, 0) is 57.2 Å². The molecule has 2 saturated heterocycles. The monoisotopic (exact) mass is 336 g/mol. The molecule has 0 aliphatic carbocycles. The van der Waals surface area contributed by atoms with Gasteiger partial charge in [0.1, 0.15) is 5.75 Å². The summed E-state index contributed by atoms with van der Waals surface area (Å²) in [5.41, 5.74) is 1.06. The number of piperidine rings is 1. The van der Waals surface area contributed by atoms with E-state index in [1.807, 2.05) is 31.0 Å². The maximum atomic E-state index is 12.7. The molecule has 0 saturated carbocycles. The number of fused-ring (bicyclic) bond motifs is 2. The van der Waals surface area contributed by atoms with Crippen LogP contribution in [0.2, 0.25) is 5.02 Å². The second kappa shape index (κ2) is 6.70. The number of aryl methyl sites for hydroxylation is 1. The highest BCUT2D eigenvalue weighted by molar-refractivity contribution is 6.32. The number of ether oxygens (including phenoxy) is 1. The smallest absolute Gasteiger partial charge is 0.263 e. The lowest BCUT2D eigenvalue weighted by molar-refractivity contribution is -0.139. The number of carbonyl (C=O) groups is 1. The first kappa shape index (κ1) is 16.6. The van der Waals surface area contributed by atoms with E-state index in [4.69, 9.17) is 16.3 Å².